The van der Waals surface area contributed by atoms with Gasteiger partial charge in [0.15, 0.2) is 0 Å². The molecule has 1 rings (SSSR count). The van der Waals surface area contributed by atoms with Gasteiger partial charge in [0.1, 0.15) is 0 Å². The summed E-state index contributed by atoms with van der Waals surface area (Å²) in [5.74, 6) is 1.08. The molecule has 1 aromatic carbocycles. The topological polar surface area (TPSA) is 35.2 Å². The highest BCUT2D eigenvalue weighted by Crippen LogP contribution is 2.32. The summed E-state index contributed by atoms with van der Waals surface area (Å²) in [5.41, 5.74) is 7.35. The maximum Gasteiger partial charge on any atom is 0.0470 e. The van der Waals surface area contributed by atoms with Crippen molar-refractivity contribution in [3.8, 4) is 0 Å². The molecular formula is C13H20BrNOS. The van der Waals surface area contributed by atoms with Gasteiger partial charge in [0.2, 0.25) is 0 Å². The van der Waals surface area contributed by atoms with Gasteiger partial charge in [0, 0.05) is 29.5 Å². The second kappa shape index (κ2) is 8.14. The number of hydrogen-bond acceptors (Lipinski definition) is 3. The van der Waals surface area contributed by atoms with Gasteiger partial charge in [0.05, 0.1) is 0 Å². The molecule has 0 aliphatic heterocycles. The van der Waals surface area contributed by atoms with Crippen molar-refractivity contribution in [2.75, 3.05) is 19.5 Å². The minimum absolute atomic E-state index is 0.156. The molecule has 0 saturated carbocycles. The zero-order chi connectivity index (χ0) is 12.7. The first-order chi connectivity index (χ1) is 8.15. The van der Waals surface area contributed by atoms with Gasteiger partial charge in [-0.05, 0) is 36.8 Å². The van der Waals surface area contributed by atoms with Crippen molar-refractivity contribution >= 4 is 27.7 Å². The summed E-state index contributed by atoms with van der Waals surface area (Å²) < 4.78 is 6.16. The lowest BCUT2D eigenvalue weighted by Gasteiger charge is -2.21. The van der Waals surface area contributed by atoms with Crippen LogP contribution in [0.15, 0.2) is 28.7 Å². The number of ether oxygens (including phenoxy) is 1. The highest BCUT2D eigenvalue weighted by Gasteiger charge is 2.16. The first kappa shape index (κ1) is 15.0. The predicted octanol–water partition coefficient (Wildman–Crippen LogP) is 3.61. The van der Waals surface area contributed by atoms with Crippen LogP contribution < -0.4 is 5.73 Å². The third-order valence-electron chi connectivity index (χ3n) is 2.47. The smallest absolute Gasteiger partial charge is 0.0470 e. The summed E-state index contributed by atoms with van der Waals surface area (Å²) in [4.78, 5) is 0. The van der Waals surface area contributed by atoms with Crippen molar-refractivity contribution in [2.24, 2.45) is 5.73 Å². The summed E-state index contributed by atoms with van der Waals surface area (Å²) in [6.45, 7) is 2.88. The molecule has 2 unspecified atom stereocenters. The predicted molar refractivity (Wildman–Crippen MR) is 79.5 cm³/mol. The Morgan fingerprint density at radius 1 is 1.35 bits per heavy atom. The number of thioether (sulfide) groups is 1. The quantitative estimate of drug-likeness (QED) is 0.780. The molecular weight excluding hydrogens is 298 g/mol. The number of hydrogen-bond donors (Lipinski definition) is 1. The molecule has 1 aromatic rings. The van der Waals surface area contributed by atoms with Crippen molar-refractivity contribution in [2.45, 2.75) is 24.6 Å². The summed E-state index contributed by atoms with van der Waals surface area (Å²) >= 11 is 5.36. The largest absolute Gasteiger partial charge is 0.385 e. The molecule has 96 valence electrons. The van der Waals surface area contributed by atoms with E-state index in [0.29, 0.717) is 5.25 Å². The molecule has 0 heterocycles. The maximum absolute atomic E-state index is 6.06. The van der Waals surface area contributed by atoms with Crippen molar-refractivity contribution in [1.82, 2.24) is 0 Å². The second-order valence-electron chi connectivity index (χ2n) is 4.05. The van der Waals surface area contributed by atoms with Crippen molar-refractivity contribution in [3.05, 3.63) is 34.3 Å². The van der Waals surface area contributed by atoms with Crippen LogP contribution >= 0.6 is 27.7 Å². The fraction of sp³-hybridized carbons (Fsp3) is 0.538. The van der Waals surface area contributed by atoms with Gasteiger partial charge < -0.3 is 10.5 Å². The van der Waals surface area contributed by atoms with E-state index in [0.717, 1.165) is 23.3 Å². The Labute approximate surface area is 116 Å². The summed E-state index contributed by atoms with van der Waals surface area (Å²) in [6.07, 6.45) is 1.07. The average Bonchev–Trinajstić information content (AvgIpc) is 2.30. The van der Waals surface area contributed by atoms with E-state index in [1.165, 1.54) is 5.56 Å². The van der Waals surface area contributed by atoms with Gasteiger partial charge in [-0.3, -0.25) is 0 Å². The van der Waals surface area contributed by atoms with Crippen LogP contribution in [0.25, 0.3) is 0 Å². The molecule has 0 aliphatic carbocycles. The van der Waals surface area contributed by atoms with Crippen LogP contribution in [0.5, 0.6) is 0 Å². The first-order valence-corrected chi connectivity index (χ1v) is 7.61. The minimum atomic E-state index is 0.156. The Morgan fingerprint density at radius 2 is 2.00 bits per heavy atom. The van der Waals surface area contributed by atoms with Crippen LogP contribution in [0, 0.1) is 0 Å². The lowest BCUT2D eigenvalue weighted by molar-refractivity contribution is 0.200. The molecule has 0 aliphatic rings. The Morgan fingerprint density at radius 3 is 2.53 bits per heavy atom. The maximum atomic E-state index is 6.06. The number of methoxy groups -OCH3 is 1. The molecule has 0 amide bonds. The Balaban J connectivity index is 2.56. The van der Waals surface area contributed by atoms with E-state index in [4.69, 9.17) is 10.5 Å². The highest BCUT2D eigenvalue weighted by atomic mass is 79.9. The summed E-state index contributed by atoms with van der Waals surface area (Å²) in [7, 11) is 1.74. The minimum Gasteiger partial charge on any atom is -0.385 e. The molecule has 17 heavy (non-hydrogen) atoms. The lowest BCUT2D eigenvalue weighted by atomic mass is 10.1. The highest BCUT2D eigenvalue weighted by molar-refractivity contribution is 9.10. The second-order valence-corrected chi connectivity index (χ2v) is 6.21. The van der Waals surface area contributed by atoms with Crippen LogP contribution in [0.3, 0.4) is 0 Å². The van der Waals surface area contributed by atoms with Gasteiger partial charge >= 0.3 is 0 Å². The molecule has 0 bridgehead atoms. The molecule has 0 saturated heterocycles. The standard InChI is InChI=1S/C13H20BrNOS/c1-10(15)13(17-9-3-8-16-2)11-4-6-12(14)7-5-11/h4-7,10,13H,3,8-9,15H2,1-2H3. The van der Waals surface area contributed by atoms with E-state index in [1.807, 2.05) is 11.8 Å². The Hall–Kier alpha value is -0.0300. The SMILES string of the molecule is COCCCSC(c1ccc(Br)cc1)C(C)N. The van der Waals surface area contributed by atoms with E-state index >= 15 is 0 Å². The number of benzene rings is 1. The monoisotopic (exact) mass is 317 g/mol. The van der Waals surface area contributed by atoms with Crippen LogP contribution in [0.1, 0.15) is 24.2 Å². The van der Waals surface area contributed by atoms with Gasteiger partial charge in [-0.15, -0.1) is 0 Å². The number of nitrogens with two attached hydrogens (primary N) is 1. The number of rotatable bonds is 7. The molecule has 2 N–H and O–H groups in total. The third kappa shape index (κ3) is 5.42. The van der Waals surface area contributed by atoms with Crippen molar-refractivity contribution in [3.63, 3.8) is 0 Å². The first-order valence-electron chi connectivity index (χ1n) is 5.76. The molecule has 2 nitrogen and oxygen atoms in total. The third-order valence-corrected chi connectivity index (χ3v) is 4.58. The lowest BCUT2D eigenvalue weighted by Crippen LogP contribution is -2.23. The van der Waals surface area contributed by atoms with Crippen LogP contribution in [0.4, 0.5) is 0 Å². The van der Waals surface area contributed by atoms with Crippen molar-refractivity contribution < 1.29 is 4.74 Å². The van der Waals surface area contributed by atoms with E-state index in [9.17, 15) is 0 Å². The van der Waals surface area contributed by atoms with Crippen LogP contribution in [0.2, 0.25) is 0 Å². The zero-order valence-corrected chi connectivity index (χ0v) is 12.8. The van der Waals surface area contributed by atoms with E-state index in [1.54, 1.807) is 7.11 Å². The normalized spacial score (nSPS) is 14.6. The van der Waals surface area contributed by atoms with E-state index < -0.39 is 0 Å². The van der Waals surface area contributed by atoms with E-state index in [2.05, 4.69) is 47.1 Å². The van der Waals surface area contributed by atoms with Gasteiger partial charge in [0.25, 0.3) is 0 Å². The van der Waals surface area contributed by atoms with Gasteiger partial charge in [-0.2, -0.15) is 11.8 Å². The molecule has 0 fully saturated rings. The molecule has 4 heteroatoms. The average molecular weight is 318 g/mol. The van der Waals surface area contributed by atoms with Crippen LogP contribution in [-0.4, -0.2) is 25.5 Å². The van der Waals surface area contributed by atoms with Crippen LogP contribution in [-0.2, 0) is 4.74 Å². The van der Waals surface area contributed by atoms with E-state index in [-0.39, 0.29) is 6.04 Å². The molecule has 0 spiro atoms. The number of halogens is 1. The van der Waals surface area contributed by atoms with Gasteiger partial charge in [-0.25, -0.2) is 0 Å². The summed E-state index contributed by atoms with van der Waals surface area (Å²) in [6, 6.07) is 8.58. The molecule has 2 atom stereocenters. The Bertz CT molecular complexity index is 316. The fourth-order valence-electron chi connectivity index (χ4n) is 1.62. The Kier molecular flexibility index (Phi) is 7.19. The molecule has 0 radical (unpaired) electrons. The fourth-order valence-corrected chi connectivity index (χ4v) is 3.07. The summed E-state index contributed by atoms with van der Waals surface area (Å²) in [5, 5.41) is 0.361. The van der Waals surface area contributed by atoms with Gasteiger partial charge in [-0.1, -0.05) is 28.1 Å². The van der Waals surface area contributed by atoms with Crippen molar-refractivity contribution in [1.29, 1.82) is 0 Å². The molecule has 0 aromatic heterocycles. The zero-order valence-electron chi connectivity index (χ0n) is 10.4.